The minimum absolute atomic E-state index is 0.539. The Labute approximate surface area is 99.5 Å². The highest BCUT2D eigenvalue weighted by Crippen LogP contribution is 2.06. The van der Waals surface area contributed by atoms with Crippen LogP contribution in [0.15, 0.2) is 0 Å². The zero-order valence-corrected chi connectivity index (χ0v) is 9.83. The number of methoxy groups -OCH3 is 2. The predicted octanol–water partition coefficient (Wildman–Crippen LogP) is 0.699. The zero-order chi connectivity index (χ0) is 15.3. The lowest BCUT2D eigenvalue weighted by molar-refractivity contribution is -0.144. The molecule has 0 rings (SSSR count). The Balaban J connectivity index is 4.52. The second-order valence-electron chi connectivity index (χ2n) is 4.03. The summed E-state index contributed by atoms with van der Waals surface area (Å²) in [5.41, 5.74) is -0.740. The average Bonchev–Trinajstić information content (AvgIpc) is 2.19. The van der Waals surface area contributed by atoms with Gasteiger partial charge in [-0.25, -0.2) is 9.59 Å². The molecule has 0 bridgehead atoms. The van der Waals surface area contributed by atoms with Crippen LogP contribution in [0.2, 0.25) is 0 Å². The maximum atomic E-state index is 11.5. The van der Waals surface area contributed by atoms with Crippen LogP contribution in [0, 0.1) is 0 Å². The first kappa shape index (κ1) is 9.89. The summed E-state index contributed by atoms with van der Waals surface area (Å²) in [7, 11) is -1.55. The minimum atomic E-state index is -2.66. The van der Waals surface area contributed by atoms with Crippen molar-refractivity contribution >= 4 is 12.1 Å². The van der Waals surface area contributed by atoms with Crippen molar-refractivity contribution in [2.45, 2.75) is 32.4 Å². The monoisotopic (exact) mass is 236 g/mol. The van der Waals surface area contributed by atoms with E-state index in [0.29, 0.717) is 0 Å². The molecule has 0 aromatic carbocycles. The molecule has 0 heterocycles. The molecule has 0 unspecified atom stereocenters. The lowest BCUT2D eigenvalue weighted by atomic mass is 10.2. The molecule has 94 valence electrons. The molecule has 0 aliphatic heterocycles. The molecular formula is C10H19NO5. The van der Waals surface area contributed by atoms with Gasteiger partial charge in [-0.2, -0.15) is 0 Å². The first-order chi connectivity index (χ1) is 8.44. The van der Waals surface area contributed by atoms with Crippen molar-refractivity contribution in [2.75, 3.05) is 20.8 Å². The van der Waals surface area contributed by atoms with Gasteiger partial charge in [-0.05, 0) is 20.8 Å². The summed E-state index contributed by atoms with van der Waals surface area (Å²) < 4.78 is 34.4. The number of alkyl carbamates (subject to hydrolysis) is 1. The molecular weight excluding hydrogens is 214 g/mol. The number of ether oxygens (including phenoxy) is 3. The zero-order valence-electron chi connectivity index (χ0n) is 12.8. The third kappa shape index (κ3) is 6.23. The van der Waals surface area contributed by atoms with E-state index in [0.717, 1.165) is 7.11 Å². The molecule has 0 aliphatic carbocycles. The molecule has 16 heavy (non-hydrogen) atoms. The lowest BCUT2D eigenvalue weighted by Gasteiger charge is -2.22. The number of esters is 1. The Morgan fingerprint density at radius 2 is 2.06 bits per heavy atom. The SMILES string of the molecule is [2H]C([2H])([2H])OC[C@H](NC(=O)OC(C)(C)C)C(=O)OC. The topological polar surface area (TPSA) is 73.9 Å². The van der Waals surface area contributed by atoms with Gasteiger partial charge < -0.3 is 19.5 Å². The maximum absolute atomic E-state index is 11.5. The number of hydrogen-bond donors (Lipinski definition) is 1. The molecule has 6 heteroatoms. The number of nitrogens with one attached hydrogen (secondary N) is 1. The molecule has 0 aliphatic rings. The van der Waals surface area contributed by atoms with E-state index in [9.17, 15) is 9.59 Å². The summed E-state index contributed by atoms with van der Waals surface area (Å²) >= 11 is 0. The van der Waals surface area contributed by atoms with Gasteiger partial charge in [0.05, 0.1) is 17.8 Å². The summed E-state index contributed by atoms with van der Waals surface area (Å²) in [5.74, 6) is -0.824. The summed E-state index contributed by atoms with van der Waals surface area (Å²) in [4.78, 5) is 22.9. The number of hydrogen-bond acceptors (Lipinski definition) is 5. The fourth-order valence-electron chi connectivity index (χ4n) is 0.844. The third-order valence-electron chi connectivity index (χ3n) is 1.43. The Morgan fingerprint density at radius 1 is 1.44 bits per heavy atom. The van der Waals surface area contributed by atoms with Gasteiger partial charge in [0.2, 0.25) is 0 Å². The van der Waals surface area contributed by atoms with Gasteiger partial charge in [0, 0.05) is 7.04 Å². The number of carbonyl (C=O) groups excluding carboxylic acids is 2. The van der Waals surface area contributed by atoms with Gasteiger partial charge in [0.1, 0.15) is 5.60 Å². The van der Waals surface area contributed by atoms with Crippen molar-refractivity contribution in [1.82, 2.24) is 5.32 Å². The van der Waals surface area contributed by atoms with Crippen molar-refractivity contribution in [3.8, 4) is 0 Å². The largest absolute Gasteiger partial charge is 0.467 e. The Hall–Kier alpha value is -1.30. The van der Waals surface area contributed by atoms with E-state index in [4.69, 9.17) is 8.85 Å². The summed E-state index contributed by atoms with van der Waals surface area (Å²) in [6, 6.07) is -1.25. The van der Waals surface area contributed by atoms with Crippen molar-refractivity contribution in [3.63, 3.8) is 0 Å². The molecule has 1 N–H and O–H groups in total. The molecule has 0 radical (unpaired) electrons. The molecule has 0 aromatic heterocycles. The highest BCUT2D eigenvalue weighted by atomic mass is 16.6. The normalized spacial score (nSPS) is 16.4. The maximum Gasteiger partial charge on any atom is 0.408 e. The summed E-state index contributed by atoms with van der Waals surface area (Å²) in [5, 5.41) is 2.19. The predicted molar refractivity (Wildman–Crippen MR) is 57.0 cm³/mol. The second kappa shape index (κ2) is 6.32. The summed E-state index contributed by atoms with van der Waals surface area (Å²) in [6.45, 7) is 4.42. The number of amides is 1. The van der Waals surface area contributed by atoms with Gasteiger partial charge in [0.15, 0.2) is 6.04 Å². The smallest absolute Gasteiger partial charge is 0.408 e. The van der Waals surface area contributed by atoms with E-state index in [2.05, 4.69) is 14.8 Å². The first-order valence-electron chi connectivity index (χ1n) is 6.16. The van der Waals surface area contributed by atoms with Crippen molar-refractivity contribution in [2.24, 2.45) is 0 Å². The molecule has 0 saturated carbocycles. The Kier molecular flexibility index (Phi) is 3.91. The molecule has 1 atom stereocenters. The molecule has 6 nitrogen and oxygen atoms in total. The van der Waals surface area contributed by atoms with Crippen LogP contribution in [0.4, 0.5) is 4.79 Å². The highest BCUT2D eigenvalue weighted by molar-refractivity contribution is 5.81. The molecule has 0 saturated heterocycles. The van der Waals surface area contributed by atoms with Crippen LogP contribution in [0.3, 0.4) is 0 Å². The fourth-order valence-corrected chi connectivity index (χ4v) is 0.844. The van der Waals surface area contributed by atoms with Gasteiger partial charge >= 0.3 is 12.1 Å². The van der Waals surface area contributed by atoms with Crippen LogP contribution >= 0.6 is 0 Å². The van der Waals surface area contributed by atoms with Crippen LogP contribution in [0.25, 0.3) is 0 Å². The Morgan fingerprint density at radius 3 is 2.50 bits per heavy atom. The fraction of sp³-hybridized carbons (Fsp3) is 0.800. The molecule has 0 fully saturated rings. The molecule has 1 amide bonds. The quantitative estimate of drug-likeness (QED) is 0.727. The minimum Gasteiger partial charge on any atom is -0.467 e. The van der Waals surface area contributed by atoms with Crippen LogP contribution < -0.4 is 5.32 Å². The highest BCUT2D eigenvalue weighted by Gasteiger charge is 2.24. The second-order valence-corrected chi connectivity index (χ2v) is 4.03. The van der Waals surface area contributed by atoms with E-state index >= 15 is 0 Å². The van der Waals surface area contributed by atoms with Crippen molar-refractivity contribution in [3.05, 3.63) is 0 Å². The van der Waals surface area contributed by atoms with E-state index in [1.54, 1.807) is 20.8 Å². The first-order valence-corrected chi connectivity index (χ1v) is 4.66. The van der Waals surface area contributed by atoms with Crippen LogP contribution in [-0.4, -0.2) is 44.5 Å². The number of carbonyl (C=O) groups is 2. The number of rotatable bonds is 4. The van der Waals surface area contributed by atoms with Gasteiger partial charge in [-0.3, -0.25) is 0 Å². The van der Waals surface area contributed by atoms with Crippen molar-refractivity contribution < 1.29 is 27.9 Å². The van der Waals surface area contributed by atoms with Gasteiger partial charge in [-0.15, -0.1) is 0 Å². The van der Waals surface area contributed by atoms with Crippen LogP contribution in [-0.2, 0) is 19.0 Å². The molecule has 0 spiro atoms. The van der Waals surface area contributed by atoms with E-state index in [1.165, 1.54) is 0 Å². The third-order valence-corrected chi connectivity index (χ3v) is 1.43. The van der Waals surface area contributed by atoms with Crippen molar-refractivity contribution in [1.29, 1.82) is 0 Å². The summed E-state index contributed by atoms with van der Waals surface area (Å²) in [6.07, 6.45) is -0.864. The van der Waals surface area contributed by atoms with E-state index in [-0.39, 0.29) is 0 Å². The van der Waals surface area contributed by atoms with Crippen LogP contribution in [0.1, 0.15) is 24.9 Å². The average molecular weight is 236 g/mol. The lowest BCUT2D eigenvalue weighted by Crippen LogP contribution is -2.46. The Bertz CT molecular complexity index is 324. The standard InChI is InChI=1S/C10H19NO5/c1-10(2,3)16-9(13)11-7(6-14-4)8(12)15-5/h7H,6H2,1-5H3,(H,11,13)/t7-/m0/s1/i4D3. The van der Waals surface area contributed by atoms with E-state index in [1.807, 2.05) is 0 Å². The van der Waals surface area contributed by atoms with Gasteiger partial charge in [-0.1, -0.05) is 0 Å². The van der Waals surface area contributed by atoms with E-state index < -0.39 is 37.4 Å². The van der Waals surface area contributed by atoms with Crippen LogP contribution in [0.5, 0.6) is 0 Å². The molecule has 0 aromatic rings. The van der Waals surface area contributed by atoms with Gasteiger partial charge in [0.25, 0.3) is 0 Å².